The number of hydrogen-bond donors (Lipinski definition) is 3. The van der Waals surface area contributed by atoms with Crippen LogP contribution in [0.2, 0.25) is 0 Å². The maximum Gasteiger partial charge on any atom is 0.329 e. The summed E-state index contributed by atoms with van der Waals surface area (Å²) in [5, 5.41) is 23.2. The molecule has 1 aliphatic rings. The van der Waals surface area contributed by atoms with Crippen molar-refractivity contribution in [3.8, 4) is 0 Å². The molecular weight excluding hydrogens is 284 g/mol. The fourth-order valence-corrected chi connectivity index (χ4v) is 2.58. The Labute approximate surface area is 119 Å². The van der Waals surface area contributed by atoms with E-state index in [-0.39, 0.29) is 12.8 Å². The summed E-state index contributed by atoms with van der Waals surface area (Å²) in [6.45, 7) is 2.56. The molecule has 0 spiro atoms. The number of carbonyl (C=O) groups excluding carboxylic acids is 1. The lowest BCUT2D eigenvalue weighted by molar-refractivity contribution is -0.148. The first-order valence-electron chi connectivity index (χ1n) is 6.28. The van der Waals surface area contributed by atoms with Crippen molar-refractivity contribution >= 4 is 28.5 Å². The quantitative estimate of drug-likeness (QED) is 0.760. The minimum atomic E-state index is -1.28. The average Bonchev–Trinajstić information content (AvgIpc) is 2.87. The number of nitrogens with zero attached hydrogens (tertiary/aromatic N) is 2. The van der Waals surface area contributed by atoms with E-state index in [4.69, 9.17) is 4.74 Å². The van der Waals surface area contributed by atoms with Gasteiger partial charge in [-0.25, -0.2) is 9.59 Å². The topological polar surface area (TPSA) is 113 Å². The minimum absolute atomic E-state index is 0.242. The van der Waals surface area contributed by atoms with Crippen LogP contribution >= 0.6 is 11.3 Å². The molecule has 0 saturated carbocycles. The van der Waals surface area contributed by atoms with Gasteiger partial charge in [-0.2, -0.15) is 0 Å². The molecule has 1 aromatic heterocycles. The van der Waals surface area contributed by atoms with Crippen molar-refractivity contribution in [3.63, 3.8) is 0 Å². The van der Waals surface area contributed by atoms with Crippen LogP contribution in [0.5, 0.6) is 0 Å². The third-order valence-corrected chi connectivity index (χ3v) is 4.08. The molecule has 0 unspecified atom stereocenters. The Kier molecular flexibility index (Phi) is 4.50. The standard InChI is InChI=1S/C11H16N4O4S/c1-2-7-14-15-10(20-7)12-9(18)13-11(8(16)17)3-5-19-6-4-11/h2-6H2,1H3,(H,16,17)(H2,12,13,15,18). The highest BCUT2D eigenvalue weighted by atomic mass is 32.1. The zero-order valence-corrected chi connectivity index (χ0v) is 11.8. The fraction of sp³-hybridized carbons (Fsp3) is 0.636. The van der Waals surface area contributed by atoms with Crippen LogP contribution in [0.3, 0.4) is 0 Å². The number of aliphatic carboxylic acids is 1. The van der Waals surface area contributed by atoms with E-state index in [9.17, 15) is 14.7 Å². The zero-order chi connectivity index (χ0) is 14.6. The molecule has 20 heavy (non-hydrogen) atoms. The van der Waals surface area contributed by atoms with Gasteiger partial charge in [0.1, 0.15) is 10.5 Å². The Balaban J connectivity index is 1.99. The molecule has 8 nitrogen and oxygen atoms in total. The largest absolute Gasteiger partial charge is 0.480 e. The molecular formula is C11H16N4O4S. The van der Waals surface area contributed by atoms with E-state index < -0.39 is 17.5 Å². The Morgan fingerprint density at radius 2 is 2.10 bits per heavy atom. The van der Waals surface area contributed by atoms with Crippen molar-refractivity contribution in [2.24, 2.45) is 0 Å². The second-order valence-electron chi connectivity index (χ2n) is 4.43. The number of carbonyl (C=O) groups is 2. The predicted octanol–water partition coefficient (Wildman–Crippen LogP) is 0.856. The van der Waals surface area contributed by atoms with E-state index in [0.717, 1.165) is 11.4 Å². The lowest BCUT2D eigenvalue weighted by atomic mass is 9.90. The second-order valence-corrected chi connectivity index (χ2v) is 5.50. The Morgan fingerprint density at radius 3 is 2.65 bits per heavy atom. The number of aromatic nitrogens is 2. The third kappa shape index (κ3) is 3.23. The Morgan fingerprint density at radius 1 is 1.40 bits per heavy atom. The van der Waals surface area contributed by atoms with Crippen molar-refractivity contribution in [3.05, 3.63) is 5.01 Å². The number of carboxylic acid groups (broad SMARTS) is 1. The fourth-order valence-electron chi connectivity index (χ4n) is 1.90. The first-order chi connectivity index (χ1) is 9.55. The van der Waals surface area contributed by atoms with Crippen LogP contribution in [-0.2, 0) is 16.0 Å². The lowest BCUT2D eigenvalue weighted by Gasteiger charge is -2.33. The van der Waals surface area contributed by atoms with E-state index in [1.165, 1.54) is 11.3 Å². The molecule has 110 valence electrons. The number of nitrogens with one attached hydrogen (secondary N) is 2. The molecule has 3 N–H and O–H groups in total. The molecule has 1 fully saturated rings. The van der Waals surface area contributed by atoms with E-state index in [0.29, 0.717) is 18.3 Å². The van der Waals surface area contributed by atoms with Gasteiger partial charge < -0.3 is 15.2 Å². The van der Waals surface area contributed by atoms with Gasteiger partial charge in [0, 0.05) is 26.1 Å². The highest BCUT2D eigenvalue weighted by Gasteiger charge is 2.41. The van der Waals surface area contributed by atoms with Gasteiger partial charge >= 0.3 is 12.0 Å². The van der Waals surface area contributed by atoms with Gasteiger partial charge in [-0.15, -0.1) is 10.2 Å². The zero-order valence-electron chi connectivity index (χ0n) is 11.0. The van der Waals surface area contributed by atoms with Crippen molar-refractivity contribution in [2.75, 3.05) is 18.5 Å². The molecule has 1 aromatic rings. The molecule has 0 radical (unpaired) electrons. The van der Waals surface area contributed by atoms with E-state index in [1.807, 2.05) is 6.92 Å². The molecule has 1 aliphatic heterocycles. The van der Waals surface area contributed by atoms with Gasteiger partial charge in [0.25, 0.3) is 0 Å². The van der Waals surface area contributed by atoms with Crippen molar-refractivity contribution in [1.82, 2.24) is 15.5 Å². The maximum atomic E-state index is 11.9. The summed E-state index contributed by atoms with van der Waals surface area (Å²) in [5.74, 6) is -1.05. The number of hydrogen-bond acceptors (Lipinski definition) is 6. The van der Waals surface area contributed by atoms with Crippen molar-refractivity contribution in [1.29, 1.82) is 0 Å². The highest BCUT2D eigenvalue weighted by molar-refractivity contribution is 7.15. The summed E-state index contributed by atoms with van der Waals surface area (Å²) >= 11 is 1.26. The number of amides is 2. The second kappa shape index (κ2) is 6.14. The summed E-state index contributed by atoms with van der Waals surface area (Å²) < 4.78 is 5.14. The van der Waals surface area contributed by atoms with Gasteiger partial charge in [0.15, 0.2) is 0 Å². The van der Waals surface area contributed by atoms with E-state index >= 15 is 0 Å². The van der Waals surface area contributed by atoms with E-state index in [2.05, 4.69) is 20.8 Å². The van der Waals surface area contributed by atoms with Crippen molar-refractivity contribution in [2.45, 2.75) is 31.7 Å². The van der Waals surface area contributed by atoms with Crippen molar-refractivity contribution < 1.29 is 19.4 Å². The molecule has 2 heterocycles. The number of aryl methyl sites for hydroxylation is 1. The van der Waals surface area contributed by atoms with Crippen LogP contribution in [0, 0.1) is 0 Å². The molecule has 0 bridgehead atoms. The number of anilines is 1. The molecule has 2 amide bonds. The lowest BCUT2D eigenvalue weighted by Crippen LogP contribution is -2.58. The molecule has 9 heteroatoms. The highest BCUT2D eigenvalue weighted by Crippen LogP contribution is 2.22. The van der Waals surface area contributed by atoms with Gasteiger partial charge in [-0.3, -0.25) is 5.32 Å². The number of ether oxygens (including phenoxy) is 1. The number of rotatable bonds is 4. The van der Waals surface area contributed by atoms with Gasteiger partial charge in [-0.05, 0) is 6.42 Å². The monoisotopic (exact) mass is 300 g/mol. The van der Waals surface area contributed by atoms with Crippen LogP contribution in [-0.4, -0.2) is 46.1 Å². The predicted molar refractivity (Wildman–Crippen MR) is 71.9 cm³/mol. The summed E-state index contributed by atoms with van der Waals surface area (Å²) in [5.41, 5.74) is -1.28. The van der Waals surface area contributed by atoms with Gasteiger partial charge in [0.05, 0.1) is 0 Å². The summed E-state index contributed by atoms with van der Waals surface area (Å²) in [6, 6.07) is -0.590. The molecule has 0 aliphatic carbocycles. The first kappa shape index (κ1) is 14.7. The summed E-state index contributed by atoms with van der Waals surface area (Å²) in [6.07, 6.45) is 1.22. The normalized spacial score (nSPS) is 17.4. The number of urea groups is 1. The maximum absolute atomic E-state index is 11.9. The third-order valence-electron chi connectivity index (χ3n) is 3.10. The Hall–Kier alpha value is -1.74. The molecule has 0 aromatic carbocycles. The summed E-state index contributed by atoms with van der Waals surface area (Å²) in [4.78, 5) is 23.3. The van der Waals surface area contributed by atoms with Gasteiger partial charge in [0.2, 0.25) is 5.13 Å². The van der Waals surface area contributed by atoms with Crippen LogP contribution in [0.1, 0.15) is 24.8 Å². The van der Waals surface area contributed by atoms with Crippen LogP contribution in [0.15, 0.2) is 0 Å². The SMILES string of the molecule is CCc1nnc(NC(=O)NC2(C(=O)O)CCOCC2)s1. The van der Waals surface area contributed by atoms with Crippen LogP contribution in [0.25, 0.3) is 0 Å². The Bertz CT molecular complexity index is 498. The number of carboxylic acids is 1. The minimum Gasteiger partial charge on any atom is -0.480 e. The van der Waals surface area contributed by atoms with Gasteiger partial charge in [-0.1, -0.05) is 18.3 Å². The molecule has 0 atom stereocenters. The average molecular weight is 300 g/mol. The van der Waals surface area contributed by atoms with Crippen LogP contribution in [0.4, 0.5) is 9.93 Å². The smallest absolute Gasteiger partial charge is 0.329 e. The first-order valence-corrected chi connectivity index (χ1v) is 7.10. The molecule has 2 rings (SSSR count). The van der Waals surface area contributed by atoms with E-state index in [1.54, 1.807) is 0 Å². The summed E-state index contributed by atoms with van der Waals surface area (Å²) in [7, 11) is 0. The van der Waals surface area contributed by atoms with Crippen LogP contribution < -0.4 is 10.6 Å². The molecule has 1 saturated heterocycles.